The van der Waals surface area contributed by atoms with E-state index < -0.39 is 11.6 Å². The Morgan fingerprint density at radius 1 is 1.31 bits per heavy atom. The molecular formula is C19H23BrF2N4O3. The number of hydrogen-bond donors (Lipinski definition) is 2. The number of nitrogens with zero attached hydrogens (tertiary/aromatic N) is 2. The van der Waals surface area contributed by atoms with Gasteiger partial charge in [-0.25, -0.2) is 8.78 Å². The molecule has 0 saturated heterocycles. The molecule has 1 amide bonds. The number of anilines is 1. The zero-order valence-corrected chi connectivity index (χ0v) is 18.0. The van der Waals surface area contributed by atoms with Crippen molar-refractivity contribution in [3.63, 3.8) is 0 Å². The number of hydrogen-bond acceptors (Lipinski definition) is 5. The van der Waals surface area contributed by atoms with Crippen molar-refractivity contribution in [2.45, 2.75) is 39.8 Å². The smallest absolute Gasteiger partial charge is 0.273 e. The fraction of sp³-hybridized carbons (Fsp3) is 0.421. The second-order valence-electron chi connectivity index (χ2n) is 6.61. The van der Waals surface area contributed by atoms with Crippen molar-refractivity contribution in [1.29, 1.82) is 0 Å². The summed E-state index contributed by atoms with van der Waals surface area (Å²) in [6, 6.07) is 2.99. The van der Waals surface area contributed by atoms with Crippen molar-refractivity contribution in [3.8, 4) is 5.88 Å². The van der Waals surface area contributed by atoms with Gasteiger partial charge in [0.2, 0.25) is 17.7 Å². The number of aromatic nitrogens is 2. The van der Waals surface area contributed by atoms with E-state index in [2.05, 4.69) is 31.5 Å². The molecule has 158 valence electrons. The van der Waals surface area contributed by atoms with E-state index in [1.807, 2.05) is 13.8 Å². The molecule has 0 radical (unpaired) electrons. The minimum absolute atomic E-state index is 0.0000130. The van der Waals surface area contributed by atoms with Crippen LogP contribution >= 0.6 is 15.9 Å². The van der Waals surface area contributed by atoms with Gasteiger partial charge in [0.05, 0.1) is 0 Å². The summed E-state index contributed by atoms with van der Waals surface area (Å²) in [5, 5.41) is 5.76. The van der Waals surface area contributed by atoms with Crippen LogP contribution in [0.2, 0.25) is 0 Å². The summed E-state index contributed by atoms with van der Waals surface area (Å²) < 4.78 is 34.0. The Labute approximate surface area is 175 Å². The average Bonchev–Trinajstić information content (AvgIpc) is 2.63. The normalized spacial score (nSPS) is 10.9. The highest BCUT2D eigenvalue weighted by molar-refractivity contribution is 9.10. The minimum atomic E-state index is -0.743. The molecule has 0 fully saturated rings. The molecule has 29 heavy (non-hydrogen) atoms. The Hall–Kier alpha value is -2.49. The van der Waals surface area contributed by atoms with Gasteiger partial charge in [-0.15, -0.1) is 0 Å². The number of nitrogens with one attached hydrogen (secondary N) is 2. The molecule has 0 spiro atoms. The quantitative estimate of drug-likeness (QED) is 0.546. The number of rotatable bonds is 9. The second-order valence-corrected chi connectivity index (χ2v) is 7.40. The lowest BCUT2D eigenvalue weighted by Crippen LogP contribution is -2.29. The molecule has 1 heterocycles. The lowest BCUT2D eigenvalue weighted by molar-refractivity contribution is -0.118. The van der Waals surface area contributed by atoms with Crippen LogP contribution in [0.5, 0.6) is 5.88 Å². The zero-order chi connectivity index (χ0) is 21.6. The molecule has 0 bridgehead atoms. The maximum Gasteiger partial charge on any atom is 0.273 e. The van der Waals surface area contributed by atoms with E-state index >= 15 is 0 Å². The van der Waals surface area contributed by atoms with Crippen molar-refractivity contribution < 1.29 is 18.3 Å². The van der Waals surface area contributed by atoms with E-state index in [1.165, 1.54) is 17.6 Å². The first kappa shape index (κ1) is 22.8. The number of carbonyl (C=O) groups is 1. The van der Waals surface area contributed by atoms with Crippen molar-refractivity contribution in [2.75, 3.05) is 18.4 Å². The number of ether oxygens (including phenoxy) is 1. The van der Waals surface area contributed by atoms with Gasteiger partial charge < -0.3 is 15.4 Å². The van der Waals surface area contributed by atoms with Crippen LogP contribution in [0.1, 0.15) is 38.8 Å². The summed E-state index contributed by atoms with van der Waals surface area (Å²) in [6.07, 6.45) is 0.626. The monoisotopic (exact) mass is 472 g/mol. The Kier molecular flexibility index (Phi) is 8.12. The van der Waals surface area contributed by atoms with Gasteiger partial charge in [0.15, 0.2) is 0 Å². The summed E-state index contributed by atoms with van der Waals surface area (Å²) >= 11 is 3.20. The van der Waals surface area contributed by atoms with Gasteiger partial charge in [-0.2, -0.15) is 4.98 Å². The zero-order valence-electron chi connectivity index (χ0n) is 16.4. The summed E-state index contributed by atoms with van der Waals surface area (Å²) in [7, 11) is 0. The first-order valence-corrected chi connectivity index (χ1v) is 9.87. The molecule has 0 atom stereocenters. The van der Waals surface area contributed by atoms with Crippen LogP contribution in [0.4, 0.5) is 14.7 Å². The van der Waals surface area contributed by atoms with Crippen molar-refractivity contribution in [1.82, 2.24) is 14.9 Å². The molecule has 0 aliphatic carbocycles. The van der Waals surface area contributed by atoms with Crippen LogP contribution in [0.15, 0.2) is 27.5 Å². The predicted molar refractivity (Wildman–Crippen MR) is 109 cm³/mol. The number of benzene rings is 1. The van der Waals surface area contributed by atoms with Crippen LogP contribution < -0.4 is 20.9 Å². The van der Waals surface area contributed by atoms with Gasteiger partial charge in [-0.1, -0.05) is 0 Å². The third-order valence-electron chi connectivity index (χ3n) is 3.94. The predicted octanol–water partition coefficient (Wildman–Crippen LogP) is 3.38. The maximum atomic E-state index is 13.8. The molecule has 2 aromatic rings. The maximum absolute atomic E-state index is 13.8. The average molecular weight is 473 g/mol. The van der Waals surface area contributed by atoms with Gasteiger partial charge >= 0.3 is 0 Å². The number of carbonyl (C=O) groups excluding carboxylic acids is 1. The molecule has 2 rings (SSSR count). The van der Waals surface area contributed by atoms with Crippen molar-refractivity contribution in [2.24, 2.45) is 0 Å². The second kappa shape index (κ2) is 10.3. The van der Waals surface area contributed by atoms with Gasteiger partial charge in [-0.3, -0.25) is 14.2 Å². The van der Waals surface area contributed by atoms with Crippen LogP contribution in [0.3, 0.4) is 0 Å². The third-order valence-corrected chi connectivity index (χ3v) is 4.61. The third kappa shape index (κ3) is 6.25. The number of amides is 1. The molecule has 0 saturated carbocycles. The minimum Gasteiger partial charge on any atom is -0.472 e. The summed E-state index contributed by atoms with van der Waals surface area (Å²) in [4.78, 5) is 28.0. The van der Waals surface area contributed by atoms with E-state index in [4.69, 9.17) is 4.74 Å². The Morgan fingerprint density at radius 3 is 2.66 bits per heavy atom. The fourth-order valence-electron chi connectivity index (χ4n) is 2.53. The highest BCUT2D eigenvalue weighted by atomic mass is 79.9. The Morgan fingerprint density at radius 2 is 2.03 bits per heavy atom. The van der Waals surface area contributed by atoms with Gasteiger partial charge in [0.25, 0.3) is 5.56 Å². The summed E-state index contributed by atoms with van der Waals surface area (Å²) in [5.41, 5.74) is -0.216. The van der Waals surface area contributed by atoms with Crippen molar-refractivity contribution in [3.05, 3.63) is 50.2 Å². The van der Waals surface area contributed by atoms with Gasteiger partial charge in [0, 0.05) is 37.7 Å². The SMILES string of the molecule is CC(=O)NCCCNc1nc(OCc2ccc(F)cc2F)c(Br)c(=O)n1C(C)C. The fourth-order valence-corrected chi connectivity index (χ4v) is 2.92. The number of halogens is 3. The van der Waals surface area contributed by atoms with E-state index in [9.17, 15) is 18.4 Å². The highest BCUT2D eigenvalue weighted by Crippen LogP contribution is 2.24. The van der Waals surface area contributed by atoms with E-state index in [-0.39, 0.29) is 40.0 Å². The molecular weight excluding hydrogens is 450 g/mol. The molecule has 0 aliphatic rings. The lowest BCUT2D eigenvalue weighted by Gasteiger charge is -2.19. The van der Waals surface area contributed by atoms with Gasteiger partial charge in [0.1, 0.15) is 22.7 Å². The first-order valence-electron chi connectivity index (χ1n) is 9.07. The van der Waals surface area contributed by atoms with Crippen LogP contribution in [0.25, 0.3) is 0 Å². The molecule has 0 unspecified atom stereocenters. The molecule has 1 aromatic heterocycles. The molecule has 0 aliphatic heterocycles. The Balaban J connectivity index is 2.20. The van der Waals surface area contributed by atoms with Crippen LogP contribution in [-0.4, -0.2) is 28.5 Å². The van der Waals surface area contributed by atoms with Crippen LogP contribution in [0, 0.1) is 11.6 Å². The summed E-state index contributed by atoms with van der Waals surface area (Å²) in [6.45, 7) is 5.85. The molecule has 2 N–H and O–H groups in total. The largest absolute Gasteiger partial charge is 0.472 e. The van der Waals surface area contributed by atoms with Gasteiger partial charge in [-0.05, 0) is 48.3 Å². The van der Waals surface area contributed by atoms with E-state index in [1.54, 1.807) is 0 Å². The first-order chi connectivity index (χ1) is 13.7. The standard InChI is InChI=1S/C19H23BrF2N4O3/c1-11(2)26-18(28)16(20)17(25-19(26)24-8-4-7-23-12(3)27)29-10-13-5-6-14(21)9-15(13)22/h5-6,9,11H,4,7-8,10H2,1-3H3,(H,23,27)(H,24,25). The van der Waals surface area contributed by atoms with Crippen LogP contribution in [-0.2, 0) is 11.4 Å². The molecule has 1 aromatic carbocycles. The highest BCUT2D eigenvalue weighted by Gasteiger charge is 2.18. The van der Waals surface area contributed by atoms with Crippen molar-refractivity contribution >= 4 is 27.8 Å². The summed E-state index contributed by atoms with van der Waals surface area (Å²) in [5.74, 6) is -1.25. The topological polar surface area (TPSA) is 85.2 Å². The Bertz CT molecular complexity index is 934. The molecule has 10 heteroatoms. The van der Waals surface area contributed by atoms with E-state index in [0.29, 0.717) is 25.5 Å². The molecule has 7 nitrogen and oxygen atoms in total. The lowest BCUT2D eigenvalue weighted by atomic mass is 10.2. The van der Waals surface area contributed by atoms with E-state index in [0.717, 1.165) is 12.1 Å².